The summed E-state index contributed by atoms with van der Waals surface area (Å²) in [6.45, 7) is 2.53. The summed E-state index contributed by atoms with van der Waals surface area (Å²) in [6.07, 6.45) is 0. The highest BCUT2D eigenvalue weighted by molar-refractivity contribution is 5.76. The van der Waals surface area contributed by atoms with Crippen molar-refractivity contribution in [2.75, 3.05) is 5.73 Å². The van der Waals surface area contributed by atoms with Crippen LogP contribution in [0.5, 0.6) is 0 Å². The molecule has 0 fully saturated rings. The van der Waals surface area contributed by atoms with Crippen molar-refractivity contribution >= 4 is 16.8 Å². The van der Waals surface area contributed by atoms with Gasteiger partial charge < -0.3 is 10.2 Å². The second-order valence-corrected chi connectivity index (χ2v) is 4.67. The molecule has 4 heteroatoms. The molecule has 0 spiro atoms. The zero-order valence-corrected chi connectivity index (χ0v) is 10.6. The Kier molecular flexibility index (Phi) is 2.63. The number of nitrogens with zero attached hydrogens (tertiary/aromatic N) is 1. The van der Waals surface area contributed by atoms with Gasteiger partial charge in [-0.15, -0.1) is 0 Å². The Bertz CT molecular complexity index is 782. The van der Waals surface area contributed by atoms with E-state index in [2.05, 4.69) is 0 Å². The van der Waals surface area contributed by atoms with Gasteiger partial charge in [0.05, 0.1) is 12.1 Å². The van der Waals surface area contributed by atoms with Crippen molar-refractivity contribution in [1.82, 2.24) is 4.57 Å². The molecule has 2 aromatic carbocycles. The smallest absolute Gasteiger partial charge is 0.408 e. The fourth-order valence-electron chi connectivity index (χ4n) is 2.11. The minimum Gasteiger partial charge on any atom is -0.408 e. The first kappa shape index (κ1) is 11.6. The van der Waals surface area contributed by atoms with E-state index in [1.165, 1.54) is 5.56 Å². The van der Waals surface area contributed by atoms with Gasteiger partial charge in [0, 0.05) is 11.8 Å². The van der Waals surface area contributed by atoms with Crippen molar-refractivity contribution in [1.29, 1.82) is 0 Å². The lowest BCUT2D eigenvalue weighted by Crippen LogP contribution is -2.14. The van der Waals surface area contributed by atoms with Crippen LogP contribution in [0.3, 0.4) is 0 Å². The van der Waals surface area contributed by atoms with Crippen LogP contribution in [0.1, 0.15) is 11.1 Å². The van der Waals surface area contributed by atoms with Crippen LogP contribution in [0.25, 0.3) is 11.1 Å². The van der Waals surface area contributed by atoms with Gasteiger partial charge in [-0.2, -0.15) is 0 Å². The average Bonchev–Trinajstić information content (AvgIpc) is 2.68. The Labute approximate surface area is 110 Å². The topological polar surface area (TPSA) is 61.2 Å². The Balaban J connectivity index is 2.07. The summed E-state index contributed by atoms with van der Waals surface area (Å²) in [6, 6.07) is 13.3. The van der Waals surface area contributed by atoms with E-state index in [1.54, 1.807) is 16.7 Å². The molecule has 0 radical (unpaired) electrons. The SMILES string of the molecule is Cc1ccc(Cn2c(=O)oc3cc(N)ccc32)cc1. The molecule has 0 aliphatic carbocycles. The third kappa shape index (κ3) is 2.12. The number of rotatable bonds is 2. The lowest BCUT2D eigenvalue weighted by molar-refractivity contribution is 0.518. The first-order valence-electron chi connectivity index (χ1n) is 6.08. The Morgan fingerprint density at radius 2 is 1.89 bits per heavy atom. The normalized spacial score (nSPS) is 11.0. The van der Waals surface area contributed by atoms with E-state index < -0.39 is 0 Å². The van der Waals surface area contributed by atoms with Crippen LogP contribution >= 0.6 is 0 Å². The maximum atomic E-state index is 11.9. The van der Waals surface area contributed by atoms with Crippen molar-refractivity contribution in [2.24, 2.45) is 0 Å². The van der Waals surface area contributed by atoms with E-state index in [0.717, 1.165) is 11.1 Å². The van der Waals surface area contributed by atoms with Gasteiger partial charge in [-0.1, -0.05) is 29.8 Å². The molecule has 3 aromatic rings. The van der Waals surface area contributed by atoms with Crippen LogP contribution in [0, 0.1) is 6.92 Å². The molecule has 0 unspecified atom stereocenters. The van der Waals surface area contributed by atoms with E-state index >= 15 is 0 Å². The molecule has 3 rings (SSSR count). The molecule has 96 valence electrons. The second-order valence-electron chi connectivity index (χ2n) is 4.67. The molecule has 0 amide bonds. The van der Waals surface area contributed by atoms with Gasteiger partial charge in [-0.05, 0) is 24.6 Å². The van der Waals surface area contributed by atoms with Crippen molar-refractivity contribution in [3.8, 4) is 0 Å². The highest BCUT2D eigenvalue weighted by Crippen LogP contribution is 2.17. The molecule has 1 aromatic heterocycles. The maximum absolute atomic E-state index is 11.9. The molecule has 0 aliphatic heterocycles. The predicted molar refractivity (Wildman–Crippen MR) is 75.2 cm³/mol. The fourth-order valence-corrected chi connectivity index (χ4v) is 2.11. The van der Waals surface area contributed by atoms with Gasteiger partial charge in [-0.25, -0.2) is 4.79 Å². The Morgan fingerprint density at radius 3 is 2.63 bits per heavy atom. The molecule has 4 nitrogen and oxygen atoms in total. The van der Waals surface area contributed by atoms with Crippen LogP contribution in [0.2, 0.25) is 0 Å². The van der Waals surface area contributed by atoms with Crippen molar-refractivity contribution in [2.45, 2.75) is 13.5 Å². The van der Waals surface area contributed by atoms with Crippen molar-refractivity contribution < 1.29 is 4.42 Å². The average molecular weight is 254 g/mol. The molecule has 1 heterocycles. The molecule has 19 heavy (non-hydrogen) atoms. The van der Waals surface area contributed by atoms with Crippen LogP contribution in [0.4, 0.5) is 5.69 Å². The van der Waals surface area contributed by atoms with Crippen LogP contribution in [0.15, 0.2) is 51.7 Å². The van der Waals surface area contributed by atoms with E-state index in [-0.39, 0.29) is 5.76 Å². The minimum absolute atomic E-state index is 0.360. The maximum Gasteiger partial charge on any atom is 0.420 e. The summed E-state index contributed by atoms with van der Waals surface area (Å²) < 4.78 is 6.81. The molecule has 0 aliphatic rings. The zero-order chi connectivity index (χ0) is 13.4. The van der Waals surface area contributed by atoms with Crippen LogP contribution < -0.4 is 11.5 Å². The van der Waals surface area contributed by atoms with E-state index in [9.17, 15) is 4.79 Å². The third-order valence-electron chi connectivity index (χ3n) is 3.15. The van der Waals surface area contributed by atoms with E-state index in [0.29, 0.717) is 17.8 Å². The summed E-state index contributed by atoms with van der Waals surface area (Å²) in [5, 5.41) is 0. The molecule has 0 saturated heterocycles. The van der Waals surface area contributed by atoms with E-state index in [4.69, 9.17) is 10.2 Å². The highest BCUT2D eigenvalue weighted by Gasteiger charge is 2.09. The summed E-state index contributed by atoms with van der Waals surface area (Å²) in [5.41, 5.74) is 9.81. The Hall–Kier alpha value is -2.49. The van der Waals surface area contributed by atoms with Gasteiger partial charge in [0.25, 0.3) is 0 Å². The minimum atomic E-state index is -0.360. The number of aryl methyl sites for hydroxylation is 1. The number of hydrogen-bond acceptors (Lipinski definition) is 3. The fraction of sp³-hybridized carbons (Fsp3) is 0.133. The first-order valence-corrected chi connectivity index (χ1v) is 6.08. The lowest BCUT2D eigenvalue weighted by Gasteiger charge is -2.03. The summed E-state index contributed by atoms with van der Waals surface area (Å²) in [7, 11) is 0. The summed E-state index contributed by atoms with van der Waals surface area (Å²) in [4.78, 5) is 11.9. The number of nitrogens with two attached hydrogens (primary N) is 1. The quantitative estimate of drug-likeness (QED) is 0.715. The van der Waals surface area contributed by atoms with Gasteiger partial charge >= 0.3 is 5.76 Å². The van der Waals surface area contributed by atoms with Gasteiger partial charge in [0.1, 0.15) is 0 Å². The lowest BCUT2D eigenvalue weighted by atomic mass is 10.1. The largest absolute Gasteiger partial charge is 0.420 e. The first-order chi connectivity index (χ1) is 9.13. The molecule has 0 bridgehead atoms. The zero-order valence-electron chi connectivity index (χ0n) is 10.6. The van der Waals surface area contributed by atoms with Crippen LogP contribution in [-0.4, -0.2) is 4.57 Å². The number of anilines is 1. The Morgan fingerprint density at radius 1 is 1.16 bits per heavy atom. The molecular formula is C15H14N2O2. The third-order valence-corrected chi connectivity index (χ3v) is 3.15. The molecular weight excluding hydrogens is 240 g/mol. The number of nitrogen functional groups attached to an aromatic ring is 1. The van der Waals surface area contributed by atoms with Gasteiger partial charge in [-0.3, -0.25) is 4.57 Å². The molecule has 0 atom stereocenters. The monoisotopic (exact) mass is 254 g/mol. The second kappa shape index (κ2) is 4.31. The van der Waals surface area contributed by atoms with Gasteiger partial charge in [0.2, 0.25) is 0 Å². The number of fused-ring (bicyclic) bond motifs is 1. The summed E-state index contributed by atoms with van der Waals surface area (Å²) in [5.74, 6) is -0.360. The number of hydrogen-bond donors (Lipinski definition) is 1. The predicted octanol–water partition coefficient (Wildman–Crippen LogP) is 2.53. The molecule has 2 N–H and O–H groups in total. The standard InChI is InChI=1S/C15H14N2O2/c1-10-2-4-11(5-3-10)9-17-13-7-6-12(16)8-14(13)19-15(17)18/h2-8H,9,16H2,1H3. The van der Waals surface area contributed by atoms with Crippen molar-refractivity contribution in [3.63, 3.8) is 0 Å². The van der Waals surface area contributed by atoms with E-state index in [1.807, 2.05) is 37.3 Å². The van der Waals surface area contributed by atoms with Crippen molar-refractivity contribution in [3.05, 3.63) is 64.1 Å². The van der Waals surface area contributed by atoms with Crippen LogP contribution in [-0.2, 0) is 6.54 Å². The number of benzene rings is 2. The highest BCUT2D eigenvalue weighted by atomic mass is 16.4. The summed E-state index contributed by atoms with van der Waals surface area (Å²) >= 11 is 0. The number of oxazole rings is 1. The number of aromatic nitrogens is 1. The molecule has 0 saturated carbocycles. The van der Waals surface area contributed by atoms with Gasteiger partial charge in [0.15, 0.2) is 5.58 Å².